The maximum absolute atomic E-state index is 13.3. The minimum Gasteiger partial charge on any atom is -0.426 e. The van der Waals surface area contributed by atoms with Gasteiger partial charge in [0.05, 0.1) is 23.4 Å². The van der Waals surface area contributed by atoms with Gasteiger partial charge in [-0.05, 0) is 78.6 Å². The number of amides is 3. The zero-order valence-electron chi connectivity index (χ0n) is 19.2. The Labute approximate surface area is 216 Å². The van der Waals surface area contributed by atoms with Crippen molar-refractivity contribution in [1.29, 1.82) is 0 Å². The van der Waals surface area contributed by atoms with Crippen LogP contribution in [-0.4, -0.2) is 30.2 Å². The van der Waals surface area contributed by atoms with Crippen LogP contribution in [0.15, 0.2) is 65.2 Å². The fourth-order valence-electron chi connectivity index (χ4n) is 6.81. The molecule has 2 aliphatic heterocycles. The molecule has 2 saturated carbocycles. The molecule has 3 amide bonds. The highest BCUT2D eigenvalue weighted by molar-refractivity contribution is 9.10. The molecule has 2 aromatic carbocycles. The lowest BCUT2D eigenvalue weighted by atomic mass is 9.63. The number of imide groups is 1. The Bertz CT molecular complexity index is 1300. The summed E-state index contributed by atoms with van der Waals surface area (Å²) in [7, 11) is 0. The van der Waals surface area contributed by atoms with Crippen molar-refractivity contribution in [2.75, 3.05) is 16.3 Å². The molecule has 2 heterocycles. The first-order valence-electron chi connectivity index (χ1n) is 12.3. The first-order chi connectivity index (χ1) is 17.4. The van der Waals surface area contributed by atoms with Crippen molar-refractivity contribution in [1.82, 2.24) is 0 Å². The Morgan fingerprint density at radius 1 is 0.833 bits per heavy atom. The maximum Gasteiger partial charge on any atom is 0.316 e. The van der Waals surface area contributed by atoms with Gasteiger partial charge in [0.15, 0.2) is 0 Å². The van der Waals surface area contributed by atoms with Crippen molar-refractivity contribution in [3.63, 3.8) is 0 Å². The summed E-state index contributed by atoms with van der Waals surface area (Å²) in [6.07, 6.45) is 5.53. The third kappa shape index (κ3) is 3.23. The second-order valence-corrected chi connectivity index (χ2v) is 11.4. The third-order valence-electron chi connectivity index (χ3n) is 8.57. The molecule has 8 heteroatoms. The number of anilines is 2. The molecule has 36 heavy (non-hydrogen) atoms. The highest BCUT2D eigenvalue weighted by Crippen LogP contribution is 2.65. The molecule has 4 fully saturated rings. The van der Waals surface area contributed by atoms with Crippen LogP contribution < -0.4 is 14.5 Å². The highest BCUT2D eigenvalue weighted by atomic mass is 79.9. The second-order valence-electron chi connectivity index (χ2n) is 10.5. The first kappa shape index (κ1) is 22.0. The SMILES string of the molecule is O=C(Oc1ccc(N2C(=O)[C@@H]3[C@H]4C=C[C@@H]([C@@H]5C[C@H]45)[C@@H]3C2=O)cc1)[C@H]1CC(=O)N(c2ccc(Br)cc2)C1. The lowest BCUT2D eigenvalue weighted by Gasteiger charge is -2.37. The van der Waals surface area contributed by atoms with E-state index in [1.54, 1.807) is 29.2 Å². The Morgan fingerprint density at radius 3 is 2.03 bits per heavy atom. The number of nitrogens with zero attached hydrogens (tertiary/aromatic N) is 2. The molecular weight excluding hydrogens is 524 g/mol. The van der Waals surface area contributed by atoms with E-state index in [0.717, 1.165) is 16.6 Å². The van der Waals surface area contributed by atoms with Crippen LogP contribution in [0.4, 0.5) is 11.4 Å². The highest BCUT2D eigenvalue weighted by Gasteiger charge is 2.67. The van der Waals surface area contributed by atoms with Crippen molar-refractivity contribution in [2.45, 2.75) is 12.8 Å². The third-order valence-corrected chi connectivity index (χ3v) is 9.10. The minimum absolute atomic E-state index is 0.0882. The van der Waals surface area contributed by atoms with Crippen molar-refractivity contribution in [2.24, 2.45) is 41.4 Å². The van der Waals surface area contributed by atoms with Gasteiger partial charge in [0, 0.05) is 23.1 Å². The lowest BCUT2D eigenvalue weighted by Crippen LogP contribution is -2.40. The molecule has 0 aromatic heterocycles. The van der Waals surface area contributed by atoms with E-state index in [-0.39, 0.29) is 54.4 Å². The Morgan fingerprint density at radius 2 is 1.42 bits per heavy atom. The molecule has 4 aliphatic carbocycles. The van der Waals surface area contributed by atoms with Crippen LogP contribution in [0.5, 0.6) is 5.75 Å². The van der Waals surface area contributed by atoms with Gasteiger partial charge in [-0.2, -0.15) is 0 Å². The van der Waals surface area contributed by atoms with E-state index < -0.39 is 11.9 Å². The van der Waals surface area contributed by atoms with Gasteiger partial charge in [-0.25, -0.2) is 0 Å². The van der Waals surface area contributed by atoms with E-state index in [1.165, 1.54) is 4.90 Å². The predicted octanol–water partition coefficient (Wildman–Crippen LogP) is 3.97. The first-order valence-corrected chi connectivity index (χ1v) is 13.1. The average Bonchev–Trinajstić information content (AvgIpc) is 3.56. The van der Waals surface area contributed by atoms with Crippen LogP contribution in [0, 0.1) is 41.4 Å². The zero-order valence-corrected chi connectivity index (χ0v) is 20.8. The Kier molecular flexibility index (Phi) is 4.80. The molecule has 0 spiro atoms. The van der Waals surface area contributed by atoms with Crippen LogP contribution in [0.3, 0.4) is 0 Å². The van der Waals surface area contributed by atoms with Gasteiger partial charge in [0.25, 0.3) is 0 Å². The van der Waals surface area contributed by atoms with E-state index in [4.69, 9.17) is 4.74 Å². The lowest BCUT2D eigenvalue weighted by molar-refractivity contribution is -0.139. The number of halogens is 1. The smallest absolute Gasteiger partial charge is 0.316 e. The summed E-state index contributed by atoms with van der Waals surface area (Å²) >= 11 is 3.38. The van der Waals surface area contributed by atoms with Crippen molar-refractivity contribution < 1.29 is 23.9 Å². The van der Waals surface area contributed by atoms with Gasteiger partial charge in [-0.3, -0.25) is 24.1 Å². The van der Waals surface area contributed by atoms with E-state index in [1.807, 2.05) is 24.3 Å². The van der Waals surface area contributed by atoms with Gasteiger partial charge in [0.2, 0.25) is 17.7 Å². The van der Waals surface area contributed by atoms with Gasteiger partial charge in [-0.15, -0.1) is 0 Å². The van der Waals surface area contributed by atoms with Crippen LogP contribution >= 0.6 is 15.9 Å². The summed E-state index contributed by atoms with van der Waals surface area (Å²) in [5.41, 5.74) is 1.24. The molecule has 7 atom stereocenters. The summed E-state index contributed by atoms with van der Waals surface area (Å²) in [6, 6.07) is 13.9. The number of hydrogen-bond donors (Lipinski definition) is 0. The van der Waals surface area contributed by atoms with E-state index in [9.17, 15) is 19.2 Å². The molecule has 2 aromatic rings. The normalized spacial score (nSPS) is 33.7. The Balaban J connectivity index is 1.03. The fraction of sp³-hybridized carbons (Fsp3) is 0.357. The Hall–Kier alpha value is -3.26. The molecular formula is C28H23BrN2O5. The molecule has 0 N–H and O–H groups in total. The van der Waals surface area contributed by atoms with Gasteiger partial charge < -0.3 is 9.64 Å². The summed E-state index contributed by atoms with van der Waals surface area (Å²) in [5, 5.41) is 0. The van der Waals surface area contributed by atoms with E-state index in [2.05, 4.69) is 28.1 Å². The minimum atomic E-state index is -0.569. The number of rotatable bonds is 4. The van der Waals surface area contributed by atoms with Gasteiger partial charge >= 0.3 is 5.97 Å². The summed E-state index contributed by atoms with van der Waals surface area (Å²) < 4.78 is 6.47. The van der Waals surface area contributed by atoms with Crippen molar-refractivity contribution >= 4 is 51.0 Å². The molecule has 182 valence electrons. The molecule has 0 unspecified atom stereocenters. The monoisotopic (exact) mass is 546 g/mol. The molecule has 7 nitrogen and oxygen atoms in total. The maximum atomic E-state index is 13.3. The molecule has 2 bridgehead atoms. The predicted molar refractivity (Wildman–Crippen MR) is 134 cm³/mol. The number of esters is 1. The fourth-order valence-corrected chi connectivity index (χ4v) is 7.07. The topological polar surface area (TPSA) is 84.0 Å². The largest absolute Gasteiger partial charge is 0.426 e. The zero-order chi connectivity index (χ0) is 24.7. The molecule has 8 rings (SSSR count). The summed E-state index contributed by atoms with van der Waals surface area (Å²) in [5.74, 6) is -0.101. The van der Waals surface area contributed by atoms with E-state index in [0.29, 0.717) is 23.3 Å². The van der Waals surface area contributed by atoms with Crippen LogP contribution in [0.2, 0.25) is 0 Å². The number of ether oxygens (including phenoxy) is 1. The number of carbonyl (C=O) groups excluding carboxylic acids is 4. The summed E-state index contributed by atoms with van der Waals surface area (Å²) in [6.45, 7) is 0.259. The standard InChI is InChI=1S/C28H23BrN2O5/c29-15-1-3-16(4-2-15)30-13-14(11-23(30)32)28(35)36-18-7-5-17(6-8-18)31-26(33)24-19-9-10-20(22-12-21(19)22)25(24)27(31)34/h1-10,14,19-22,24-25H,11-13H2/t14-,19-,20-,21-,22+,24-,25+/m0/s1. The molecule has 2 saturated heterocycles. The van der Waals surface area contributed by atoms with Crippen molar-refractivity contribution in [3.8, 4) is 5.75 Å². The van der Waals surface area contributed by atoms with E-state index >= 15 is 0 Å². The van der Waals surface area contributed by atoms with Crippen LogP contribution in [0.25, 0.3) is 0 Å². The molecule has 6 aliphatic rings. The van der Waals surface area contributed by atoms with Crippen LogP contribution in [-0.2, 0) is 19.2 Å². The van der Waals surface area contributed by atoms with Crippen LogP contribution in [0.1, 0.15) is 12.8 Å². The second kappa shape index (κ2) is 7.87. The number of carbonyl (C=O) groups is 4. The number of allylic oxidation sites excluding steroid dienone is 2. The number of hydrogen-bond acceptors (Lipinski definition) is 5. The van der Waals surface area contributed by atoms with Crippen molar-refractivity contribution in [3.05, 3.63) is 65.2 Å². The average molecular weight is 547 g/mol. The quantitative estimate of drug-likeness (QED) is 0.251. The summed E-state index contributed by atoms with van der Waals surface area (Å²) in [4.78, 5) is 54.8. The number of benzene rings is 2. The van der Waals surface area contributed by atoms with Gasteiger partial charge in [0.1, 0.15) is 5.75 Å². The molecule has 0 radical (unpaired) electrons. The van der Waals surface area contributed by atoms with Gasteiger partial charge in [-0.1, -0.05) is 28.1 Å².